The molecule has 3 N–H and O–H groups in total. The Hall–Kier alpha value is -4.09. The van der Waals surface area contributed by atoms with Crippen molar-refractivity contribution in [2.24, 2.45) is 17.6 Å². The molecule has 11 nitrogen and oxygen atoms in total. The number of carbonyl (C=O) groups is 2. The topological polar surface area (TPSA) is 118 Å². The molecule has 0 radical (unpaired) electrons. The normalized spacial score (nSPS) is 21.5. The number of rotatable bonds is 8. The molecule has 0 unspecified atom stereocenters. The molecule has 0 bridgehead atoms. The van der Waals surface area contributed by atoms with E-state index in [1.807, 2.05) is 80.3 Å². The van der Waals surface area contributed by atoms with Gasteiger partial charge < -0.3 is 35.2 Å². The maximum Gasteiger partial charge on any atom is 0.410 e. The summed E-state index contributed by atoms with van der Waals surface area (Å²) in [5.74, 6) is 2.94. The Bertz CT molecular complexity index is 1630. The van der Waals surface area contributed by atoms with Gasteiger partial charge in [-0.25, -0.2) is 9.48 Å². The van der Waals surface area contributed by atoms with E-state index in [9.17, 15) is 9.59 Å². The average Bonchev–Trinajstić information content (AvgIpc) is 3.53. The minimum atomic E-state index is -0.462. The number of nitrogens with zero attached hydrogens (tertiary/aromatic N) is 5. The van der Waals surface area contributed by atoms with Crippen molar-refractivity contribution in [1.82, 2.24) is 24.5 Å². The predicted octanol–water partition coefficient (Wildman–Crippen LogP) is 6.62. The number of hydrogen-bond acceptors (Lipinski definition) is 8. The van der Waals surface area contributed by atoms with Crippen LogP contribution < -0.4 is 15.8 Å². The van der Waals surface area contributed by atoms with Gasteiger partial charge in [0, 0.05) is 37.8 Å². The second-order valence-electron chi connectivity index (χ2n) is 15.9. The molecule has 5 heterocycles. The van der Waals surface area contributed by atoms with E-state index in [2.05, 4.69) is 19.8 Å². The zero-order valence-corrected chi connectivity index (χ0v) is 30.6. The first-order chi connectivity index (χ1) is 24.6. The number of likely N-dealkylation sites (tertiary alicyclic amines) is 3. The Balaban J connectivity index is 0.912. The highest BCUT2D eigenvalue weighted by molar-refractivity contribution is 6.03. The molecule has 4 aliphatic heterocycles. The zero-order valence-electron chi connectivity index (χ0n) is 30.6. The molecular weight excluding hydrogens is 642 g/mol. The lowest BCUT2D eigenvalue weighted by molar-refractivity contribution is 0.0153. The number of ether oxygens (including phenoxy) is 2. The maximum absolute atomic E-state index is 12.8. The third-order valence-electron chi connectivity index (χ3n) is 11.3. The summed E-state index contributed by atoms with van der Waals surface area (Å²) in [7, 11) is 0. The Morgan fingerprint density at radius 1 is 0.843 bits per heavy atom. The lowest BCUT2D eigenvalue weighted by Crippen LogP contribution is -2.50. The van der Waals surface area contributed by atoms with E-state index in [-0.39, 0.29) is 12.1 Å². The van der Waals surface area contributed by atoms with Crippen molar-refractivity contribution in [2.45, 2.75) is 83.4 Å². The van der Waals surface area contributed by atoms with Gasteiger partial charge in [0.1, 0.15) is 34.2 Å². The predicted molar refractivity (Wildman–Crippen MR) is 199 cm³/mol. The summed E-state index contributed by atoms with van der Waals surface area (Å²) in [5.41, 5.74) is 7.48. The molecule has 51 heavy (non-hydrogen) atoms. The fraction of sp³-hybridized carbons (Fsp3) is 0.575. The lowest BCUT2D eigenvalue weighted by atomic mass is 9.85. The van der Waals surface area contributed by atoms with Crippen LogP contribution in [0.4, 0.5) is 10.6 Å². The number of piperidine rings is 3. The molecule has 1 aromatic heterocycles. The minimum Gasteiger partial charge on any atom is -0.457 e. The van der Waals surface area contributed by atoms with Crippen LogP contribution in [0.15, 0.2) is 54.6 Å². The Morgan fingerprint density at radius 3 is 2.16 bits per heavy atom. The van der Waals surface area contributed by atoms with Gasteiger partial charge in [-0.05, 0) is 140 Å². The highest BCUT2D eigenvalue weighted by Gasteiger charge is 2.37. The largest absolute Gasteiger partial charge is 0.457 e. The number of benzene rings is 2. The van der Waals surface area contributed by atoms with Crippen LogP contribution in [-0.2, 0) is 4.74 Å². The van der Waals surface area contributed by atoms with E-state index in [4.69, 9.17) is 20.3 Å². The van der Waals surface area contributed by atoms with Gasteiger partial charge in [0.05, 0.1) is 6.04 Å². The molecule has 3 aromatic rings. The lowest BCUT2D eigenvalue weighted by Gasteiger charge is -2.44. The number of para-hydroxylation sites is 1. The molecule has 7 rings (SSSR count). The molecule has 11 heteroatoms. The number of carbonyl (C=O) groups excluding carboxylic acids is 2. The summed E-state index contributed by atoms with van der Waals surface area (Å²) in [6.07, 6.45) is 7.62. The van der Waals surface area contributed by atoms with Crippen LogP contribution >= 0.6 is 0 Å². The molecule has 3 saturated heterocycles. The quantitative estimate of drug-likeness (QED) is 0.270. The summed E-state index contributed by atoms with van der Waals surface area (Å²) in [6.45, 7) is 13.8. The summed E-state index contributed by atoms with van der Waals surface area (Å²) in [6, 6.07) is 18.3. The van der Waals surface area contributed by atoms with Crippen molar-refractivity contribution in [3.05, 3.63) is 60.2 Å². The van der Waals surface area contributed by atoms with Gasteiger partial charge in [-0.15, -0.1) is 0 Å². The molecule has 0 aliphatic carbocycles. The van der Waals surface area contributed by atoms with Crippen LogP contribution in [0.3, 0.4) is 0 Å². The molecular formula is C40H55N7O4. The van der Waals surface area contributed by atoms with Crippen LogP contribution in [0.5, 0.6) is 11.5 Å². The summed E-state index contributed by atoms with van der Waals surface area (Å²) < 4.78 is 13.6. The standard InChI is InChI=1S/C40H55N7O4/c1-40(2,3)51-39(49)46-23-14-28(15-24-46)27-44-21-18-31(19-22-44)45-25-16-29(17-26-45)34-13-20-42-38-35(37(41)48)36(43-47(34)38)30-9-11-33(12-10-30)50-32-7-5-4-6-8-32/h4-12,28-29,31,34,42H,13-27H2,1-3H3,(H2,41,48)/t34-/m0/s1. The van der Waals surface area contributed by atoms with Gasteiger partial charge in [-0.2, -0.15) is 5.10 Å². The van der Waals surface area contributed by atoms with Gasteiger partial charge in [-0.1, -0.05) is 18.2 Å². The third kappa shape index (κ3) is 8.36. The van der Waals surface area contributed by atoms with E-state index < -0.39 is 11.5 Å². The van der Waals surface area contributed by atoms with Crippen molar-refractivity contribution < 1.29 is 19.1 Å². The van der Waals surface area contributed by atoms with E-state index >= 15 is 0 Å². The molecule has 2 amide bonds. The maximum atomic E-state index is 12.8. The van der Waals surface area contributed by atoms with Gasteiger partial charge in [0.25, 0.3) is 5.91 Å². The molecule has 2 aromatic carbocycles. The van der Waals surface area contributed by atoms with E-state index in [0.717, 1.165) is 107 Å². The zero-order chi connectivity index (χ0) is 35.5. The number of nitrogens with two attached hydrogens (primary N) is 1. The second kappa shape index (κ2) is 15.3. The number of primary amides is 1. The van der Waals surface area contributed by atoms with E-state index in [1.165, 1.54) is 12.8 Å². The summed E-state index contributed by atoms with van der Waals surface area (Å²) in [5, 5.41) is 8.53. The first-order valence-electron chi connectivity index (χ1n) is 19.0. The Morgan fingerprint density at radius 2 is 1.51 bits per heavy atom. The SMILES string of the molecule is CC(C)(C)OC(=O)N1CCC(CN2CCC(N3CCC([C@@H]4CCNc5c(C(N)=O)c(-c6ccc(Oc7ccccc7)cc6)nn54)CC3)CC2)CC1. The highest BCUT2D eigenvalue weighted by Crippen LogP contribution is 2.41. The molecule has 4 aliphatic rings. The van der Waals surface area contributed by atoms with Gasteiger partial charge >= 0.3 is 6.09 Å². The van der Waals surface area contributed by atoms with Crippen molar-refractivity contribution in [3.63, 3.8) is 0 Å². The number of fused-ring (bicyclic) bond motifs is 1. The molecule has 0 saturated carbocycles. The van der Waals surface area contributed by atoms with Crippen LogP contribution in [-0.4, -0.2) is 100 Å². The van der Waals surface area contributed by atoms with Crippen molar-refractivity contribution >= 4 is 17.8 Å². The monoisotopic (exact) mass is 697 g/mol. The highest BCUT2D eigenvalue weighted by atomic mass is 16.6. The van der Waals surface area contributed by atoms with Gasteiger partial charge in [0.15, 0.2) is 0 Å². The molecule has 0 spiro atoms. The van der Waals surface area contributed by atoms with Gasteiger partial charge in [0.2, 0.25) is 0 Å². The molecule has 274 valence electrons. The molecule has 3 fully saturated rings. The number of hydrogen-bond donors (Lipinski definition) is 2. The van der Waals surface area contributed by atoms with E-state index in [1.54, 1.807) is 0 Å². The second-order valence-corrected chi connectivity index (χ2v) is 15.9. The first-order valence-corrected chi connectivity index (χ1v) is 19.0. The smallest absolute Gasteiger partial charge is 0.410 e. The van der Waals surface area contributed by atoms with Gasteiger partial charge in [-0.3, -0.25) is 4.79 Å². The first kappa shape index (κ1) is 35.3. The number of anilines is 1. The van der Waals surface area contributed by atoms with E-state index in [0.29, 0.717) is 29.1 Å². The van der Waals surface area contributed by atoms with Crippen LogP contribution in [0.1, 0.15) is 82.1 Å². The fourth-order valence-corrected chi connectivity index (χ4v) is 8.61. The average molecular weight is 698 g/mol. The van der Waals surface area contributed by atoms with Crippen molar-refractivity contribution in [3.8, 4) is 22.8 Å². The third-order valence-corrected chi connectivity index (χ3v) is 11.3. The van der Waals surface area contributed by atoms with Crippen LogP contribution in [0.2, 0.25) is 0 Å². The Labute approximate surface area is 302 Å². The molecule has 1 atom stereocenters. The van der Waals surface area contributed by atoms with Crippen LogP contribution in [0, 0.1) is 11.8 Å². The summed E-state index contributed by atoms with van der Waals surface area (Å²) >= 11 is 0. The van der Waals surface area contributed by atoms with Crippen LogP contribution in [0.25, 0.3) is 11.3 Å². The number of nitrogens with one attached hydrogen (secondary N) is 1. The van der Waals surface area contributed by atoms with Crippen molar-refractivity contribution in [1.29, 1.82) is 0 Å². The minimum absolute atomic E-state index is 0.174. The Kier molecular flexibility index (Phi) is 10.6. The van der Waals surface area contributed by atoms with Crippen molar-refractivity contribution in [2.75, 3.05) is 57.7 Å². The summed E-state index contributed by atoms with van der Waals surface area (Å²) in [4.78, 5) is 32.6. The fourth-order valence-electron chi connectivity index (χ4n) is 8.61. The number of amides is 2. The number of aromatic nitrogens is 2.